The summed E-state index contributed by atoms with van der Waals surface area (Å²) in [5.74, 6) is 0.506. The lowest BCUT2D eigenvalue weighted by molar-refractivity contribution is -0.122. The summed E-state index contributed by atoms with van der Waals surface area (Å²) >= 11 is 0. The summed E-state index contributed by atoms with van der Waals surface area (Å²) in [6, 6.07) is 7.16. The zero-order valence-corrected chi connectivity index (χ0v) is 9.23. The second-order valence-corrected chi connectivity index (χ2v) is 3.68. The predicted molar refractivity (Wildman–Crippen MR) is 60.2 cm³/mol. The van der Waals surface area contributed by atoms with Crippen molar-refractivity contribution in [2.24, 2.45) is 0 Å². The van der Waals surface area contributed by atoms with Crippen LogP contribution in [0.15, 0.2) is 30.0 Å². The number of nitrogens with zero attached hydrogens (tertiary/aromatic N) is 1. The van der Waals surface area contributed by atoms with E-state index in [0.717, 1.165) is 0 Å². The van der Waals surface area contributed by atoms with Crippen LogP contribution in [0, 0.1) is 0 Å². The van der Waals surface area contributed by atoms with E-state index in [1.54, 1.807) is 26.3 Å². The minimum absolute atomic E-state index is 0.0944. The number of hydrogen-bond acceptors (Lipinski definition) is 3. The highest BCUT2D eigenvalue weighted by Crippen LogP contribution is 2.32. The molecule has 1 amide bonds. The van der Waals surface area contributed by atoms with Gasteiger partial charge in [0.05, 0.1) is 19.2 Å². The third-order valence-corrected chi connectivity index (χ3v) is 2.61. The number of aliphatic hydroxyl groups is 1. The number of benzene rings is 1. The molecule has 1 aliphatic heterocycles. The average Bonchev–Trinajstić information content (AvgIpc) is 2.53. The first kappa shape index (κ1) is 10.5. The number of hydrogen-bond donors (Lipinski definition) is 1. The molecule has 0 bridgehead atoms. The van der Waals surface area contributed by atoms with Gasteiger partial charge in [0.25, 0.3) is 5.91 Å². The van der Waals surface area contributed by atoms with Crippen LogP contribution in [-0.2, 0) is 4.79 Å². The number of rotatable bonds is 2. The fourth-order valence-electron chi connectivity index (χ4n) is 1.81. The number of aliphatic hydroxyl groups excluding tert-OH is 1. The molecule has 0 spiro atoms. The van der Waals surface area contributed by atoms with Crippen LogP contribution >= 0.6 is 0 Å². The molecular weight excluding hydrogens is 206 g/mol. The molecule has 0 unspecified atom stereocenters. The van der Waals surface area contributed by atoms with Crippen molar-refractivity contribution in [3.8, 4) is 5.75 Å². The van der Waals surface area contributed by atoms with Crippen LogP contribution in [0.3, 0.4) is 0 Å². The molecule has 0 saturated carbocycles. The standard InChI is InChI=1S/C12H13NO3/c1-13-7-9(14)11(12(13)15)8-5-3-4-6-10(8)16-2/h3-6,14H,7H2,1-2H3. The van der Waals surface area contributed by atoms with Crippen LogP contribution < -0.4 is 4.74 Å². The summed E-state index contributed by atoms with van der Waals surface area (Å²) in [6.45, 7) is 0.256. The SMILES string of the molecule is COc1ccccc1C1=C(O)CN(C)C1=O. The smallest absolute Gasteiger partial charge is 0.258 e. The Kier molecular flexibility index (Phi) is 2.56. The molecule has 1 heterocycles. The van der Waals surface area contributed by atoms with Crippen LogP contribution in [-0.4, -0.2) is 36.6 Å². The van der Waals surface area contributed by atoms with Crippen molar-refractivity contribution < 1.29 is 14.6 Å². The van der Waals surface area contributed by atoms with E-state index in [2.05, 4.69) is 0 Å². The van der Waals surface area contributed by atoms with Crippen molar-refractivity contribution in [1.82, 2.24) is 4.90 Å². The molecule has 1 N–H and O–H groups in total. The third-order valence-electron chi connectivity index (χ3n) is 2.61. The lowest BCUT2D eigenvalue weighted by atomic mass is 10.0. The molecule has 2 rings (SSSR count). The minimum Gasteiger partial charge on any atom is -0.510 e. The number of ether oxygens (including phenoxy) is 1. The number of para-hydroxylation sites is 1. The summed E-state index contributed by atoms with van der Waals surface area (Å²) in [6.07, 6.45) is 0. The van der Waals surface area contributed by atoms with Crippen molar-refractivity contribution in [2.75, 3.05) is 20.7 Å². The first-order valence-electron chi connectivity index (χ1n) is 4.96. The first-order valence-corrected chi connectivity index (χ1v) is 4.96. The number of carbonyl (C=O) groups is 1. The lowest BCUT2D eigenvalue weighted by Gasteiger charge is -2.10. The Labute approximate surface area is 93.8 Å². The van der Waals surface area contributed by atoms with Crippen molar-refractivity contribution in [1.29, 1.82) is 0 Å². The number of carbonyl (C=O) groups excluding carboxylic acids is 1. The molecule has 16 heavy (non-hydrogen) atoms. The molecule has 1 aromatic rings. The number of methoxy groups -OCH3 is 1. The number of amides is 1. The van der Waals surface area contributed by atoms with Gasteiger partial charge in [-0.3, -0.25) is 4.79 Å². The topological polar surface area (TPSA) is 49.8 Å². The van der Waals surface area contributed by atoms with Crippen LogP contribution in [0.1, 0.15) is 5.56 Å². The van der Waals surface area contributed by atoms with E-state index in [4.69, 9.17) is 4.74 Å². The Bertz CT molecular complexity index is 465. The third kappa shape index (κ3) is 1.52. The molecular formula is C12H13NO3. The van der Waals surface area contributed by atoms with Gasteiger partial charge in [-0.05, 0) is 6.07 Å². The van der Waals surface area contributed by atoms with Gasteiger partial charge in [-0.2, -0.15) is 0 Å². The molecule has 4 nitrogen and oxygen atoms in total. The maximum atomic E-state index is 11.8. The second-order valence-electron chi connectivity index (χ2n) is 3.68. The molecule has 0 atom stereocenters. The molecule has 4 heteroatoms. The molecule has 1 aliphatic rings. The van der Waals surface area contributed by atoms with E-state index in [0.29, 0.717) is 16.9 Å². The quantitative estimate of drug-likeness (QED) is 0.818. The lowest BCUT2D eigenvalue weighted by Crippen LogP contribution is -2.21. The molecule has 0 radical (unpaired) electrons. The monoisotopic (exact) mass is 219 g/mol. The van der Waals surface area contributed by atoms with Gasteiger partial charge in [-0.25, -0.2) is 0 Å². The second kappa shape index (κ2) is 3.89. The van der Waals surface area contributed by atoms with Crippen LogP contribution in [0.4, 0.5) is 0 Å². The fraction of sp³-hybridized carbons (Fsp3) is 0.250. The fourth-order valence-corrected chi connectivity index (χ4v) is 1.81. The first-order chi connectivity index (χ1) is 7.65. The molecule has 0 aliphatic carbocycles. The van der Waals surface area contributed by atoms with Gasteiger partial charge >= 0.3 is 0 Å². The van der Waals surface area contributed by atoms with Gasteiger partial charge in [0.2, 0.25) is 0 Å². The summed E-state index contributed by atoms with van der Waals surface area (Å²) in [5, 5.41) is 9.76. The van der Waals surface area contributed by atoms with Crippen molar-refractivity contribution in [3.05, 3.63) is 35.6 Å². The van der Waals surface area contributed by atoms with E-state index in [1.807, 2.05) is 12.1 Å². The van der Waals surface area contributed by atoms with Gasteiger partial charge in [0.1, 0.15) is 11.5 Å². The van der Waals surface area contributed by atoms with Crippen LogP contribution in [0.2, 0.25) is 0 Å². The molecule has 0 aromatic heterocycles. The van der Waals surface area contributed by atoms with Crippen LogP contribution in [0.25, 0.3) is 5.57 Å². The van der Waals surface area contributed by atoms with Gasteiger partial charge in [0.15, 0.2) is 0 Å². The summed E-state index contributed by atoms with van der Waals surface area (Å²) in [4.78, 5) is 13.3. The van der Waals surface area contributed by atoms with E-state index in [-0.39, 0.29) is 18.2 Å². The van der Waals surface area contributed by atoms with Crippen LogP contribution in [0.5, 0.6) is 5.75 Å². The highest BCUT2D eigenvalue weighted by Gasteiger charge is 2.30. The molecule has 1 aromatic carbocycles. The van der Waals surface area contributed by atoms with Crippen molar-refractivity contribution in [3.63, 3.8) is 0 Å². The average molecular weight is 219 g/mol. The Hall–Kier alpha value is -1.97. The molecule has 0 fully saturated rings. The Morgan fingerprint density at radius 2 is 2.06 bits per heavy atom. The highest BCUT2D eigenvalue weighted by atomic mass is 16.5. The summed E-state index contributed by atoms with van der Waals surface area (Å²) in [5.41, 5.74) is 0.969. The van der Waals surface area contributed by atoms with Gasteiger partial charge in [-0.15, -0.1) is 0 Å². The maximum Gasteiger partial charge on any atom is 0.258 e. The van der Waals surface area contributed by atoms with E-state index in [1.165, 1.54) is 4.90 Å². The molecule has 84 valence electrons. The highest BCUT2D eigenvalue weighted by molar-refractivity contribution is 6.22. The summed E-state index contributed by atoms with van der Waals surface area (Å²) < 4.78 is 5.17. The van der Waals surface area contributed by atoms with Gasteiger partial charge in [-0.1, -0.05) is 18.2 Å². The van der Waals surface area contributed by atoms with Gasteiger partial charge in [0, 0.05) is 12.6 Å². The largest absolute Gasteiger partial charge is 0.510 e. The summed E-state index contributed by atoms with van der Waals surface area (Å²) in [7, 11) is 3.19. The Morgan fingerprint density at radius 1 is 1.38 bits per heavy atom. The zero-order valence-electron chi connectivity index (χ0n) is 9.23. The van der Waals surface area contributed by atoms with E-state index < -0.39 is 0 Å². The van der Waals surface area contributed by atoms with Gasteiger partial charge < -0.3 is 14.7 Å². The predicted octanol–water partition coefficient (Wildman–Crippen LogP) is 1.44. The van der Waals surface area contributed by atoms with Crippen molar-refractivity contribution >= 4 is 11.5 Å². The maximum absolute atomic E-state index is 11.8. The Morgan fingerprint density at radius 3 is 2.62 bits per heavy atom. The normalized spacial score (nSPS) is 15.9. The van der Waals surface area contributed by atoms with E-state index in [9.17, 15) is 9.90 Å². The zero-order chi connectivity index (χ0) is 11.7. The van der Waals surface area contributed by atoms with Crippen molar-refractivity contribution in [2.45, 2.75) is 0 Å². The molecule has 0 saturated heterocycles. The Balaban J connectivity index is 2.52. The van der Waals surface area contributed by atoms with E-state index >= 15 is 0 Å². The minimum atomic E-state index is -0.179. The number of likely N-dealkylation sites (N-methyl/N-ethyl adjacent to an activating group) is 1.